The SMILES string of the molecule is COC(=O)CC1CCc2cc(OCc3ccc4ccccc4c3)ccc2C1. The lowest BCUT2D eigenvalue weighted by Crippen LogP contribution is -2.18. The second-order valence-electron chi connectivity index (χ2n) is 7.29. The molecule has 3 aromatic carbocycles. The molecule has 1 atom stereocenters. The summed E-state index contributed by atoms with van der Waals surface area (Å²) in [5.74, 6) is 1.18. The van der Waals surface area contributed by atoms with E-state index in [0.29, 0.717) is 18.9 Å². The van der Waals surface area contributed by atoms with Crippen LogP contribution in [0.1, 0.15) is 29.5 Å². The van der Waals surface area contributed by atoms with E-state index in [1.165, 1.54) is 34.6 Å². The molecular weight excluding hydrogens is 336 g/mol. The van der Waals surface area contributed by atoms with Gasteiger partial charge < -0.3 is 9.47 Å². The number of aryl methyl sites for hydroxylation is 1. The number of ether oxygens (including phenoxy) is 2. The van der Waals surface area contributed by atoms with Crippen molar-refractivity contribution >= 4 is 16.7 Å². The van der Waals surface area contributed by atoms with Crippen LogP contribution in [0.5, 0.6) is 5.75 Å². The zero-order valence-electron chi connectivity index (χ0n) is 15.6. The van der Waals surface area contributed by atoms with Crippen molar-refractivity contribution in [3.8, 4) is 5.75 Å². The fourth-order valence-corrected chi connectivity index (χ4v) is 3.89. The number of benzene rings is 3. The standard InChI is InChI=1S/C24H24O3/c1-26-24(25)14-17-6-9-22-15-23(11-10-21(22)12-17)27-16-18-7-8-19-4-2-3-5-20(19)13-18/h2-5,7-8,10-11,13,15,17H,6,9,12,14,16H2,1H3. The maximum Gasteiger partial charge on any atom is 0.305 e. The molecule has 4 rings (SSSR count). The molecule has 0 saturated heterocycles. The highest BCUT2D eigenvalue weighted by Crippen LogP contribution is 2.30. The van der Waals surface area contributed by atoms with E-state index in [2.05, 4.69) is 54.6 Å². The minimum absolute atomic E-state index is 0.112. The number of hydrogen-bond donors (Lipinski definition) is 0. The van der Waals surface area contributed by atoms with Gasteiger partial charge in [0, 0.05) is 6.42 Å². The molecule has 0 fully saturated rings. The van der Waals surface area contributed by atoms with Crippen molar-refractivity contribution in [3.05, 3.63) is 77.4 Å². The van der Waals surface area contributed by atoms with Gasteiger partial charge in [0.25, 0.3) is 0 Å². The summed E-state index contributed by atoms with van der Waals surface area (Å²) in [6.07, 6.45) is 3.46. The molecule has 1 aliphatic carbocycles. The third kappa shape index (κ3) is 4.13. The first kappa shape index (κ1) is 17.6. The van der Waals surface area contributed by atoms with Crippen LogP contribution in [-0.4, -0.2) is 13.1 Å². The van der Waals surface area contributed by atoms with Crippen molar-refractivity contribution in [2.24, 2.45) is 5.92 Å². The summed E-state index contributed by atoms with van der Waals surface area (Å²) in [4.78, 5) is 11.5. The predicted octanol–water partition coefficient (Wildman–Crippen LogP) is 5.09. The van der Waals surface area contributed by atoms with Gasteiger partial charge in [-0.2, -0.15) is 0 Å². The van der Waals surface area contributed by atoms with Crippen molar-refractivity contribution in [2.45, 2.75) is 32.3 Å². The molecule has 1 aliphatic rings. The normalized spacial score (nSPS) is 16.0. The second kappa shape index (κ2) is 7.83. The van der Waals surface area contributed by atoms with Crippen LogP contribution >= 0.6 is 0 Å². The molecule has 3 aromatic rings. The number of esters is 1. The molecule has 138 valence electrons. The Balaban J connectivity index is 1.41. The van der Waals surface area contributed by atoms with Crippen molar-refractivity contribution < 1.29 is 14.3 Å². The number of rotatable bonds is 5. The maximum atomic E-state index is 11.5. The molecule has 0 amide bonds. The van der Waals surface area contributed by atoms with Gasteiger partial charge in [-0.15, -0.1) is 0 Å². The quantitative estimate of drug-likeness (QED) is 0.595. The topological polar surface area (TPSA) is 35.5 Å². The molecule has 0 spiro atoms. The molecule has 0 heterocycles. The number of hydrogen-bond acceptors (Lipinski definition) is 3. The Bertz CT molecular complexity index is 961. The van der Waals surface area contributed by atoms with Gasteiger partial charge in [0.2, 0.25) is 0 Å². The Morgan fingerprint density at radius 3 is 2.70 bits per heavy atom. The Kier molecular flexibility index (Phi) is 5.10. The van der Waals surface area contributed by atoms with Crippen LogP contribution in [0.2, 0.25) is 0 Å². The number of methoxy groups -OCH3 is 1. The Morgan fingerprint density at radius 2 is 1.85 bits per heavy atom. The number of carbonyl (C=O) groups is 1. The smallest absolute Gasteiger partial charge is 0.305 e. The van der Waals surface area contributed by atoms with E-state index < -0.39 is 0 Å². The summed E-state index contributed by atoms with van der Waals surface area (Å²) in [7, 11) is 1.46. The summed E-state index contributed by atoms with van der Waals surface area (Å²) in [5, 5.41) is 2.48. The minimum Gasteiger partial charge on any atom is -0.489 e. The monoisotopic (exact) mass is 360 g/mol. The maximum absolute atomic E-state index is 11.5. The first-order valence-electron chi connectivity index (χ1n) is 9.50. The summed E-state index contributed by atoms with van der Waals surface area (Å²) in [5.41, 5.74) is 3.84. The van der Waals surface area contributed by atoms with E-state index in [9.17, 15) is 4.79 Å². The van der Waals surface area contributed by atoms with E-state index in [4.69, 9.17) is 9.47 Å². The van der Waals surface area contributed by atoms with Gasteiger partial charge in [-0.25, -0.2) is 0 Å². The lowest BCUT2D eigenvalue weighted by atomic mass is 9.82. The molecule has 1 unspecified atom stereocenters. The average molecular weight is 360 g/mol. The third-order valence-corrected chi connectivity index (χ3v) is 5.41. The van der Waals surface area contributed by atoms with Gasteiger partial charge >= 0.3 is 5.97 Å². The molecule has 0 aliphatic heterocycles. The zero-order valence-corrected chi connectivity index (χ0v) is 15.6. The summed E-state index contributed by atoms with van der Waals surface area (Å²) in [6, 6.07) is 21.2. The van der Waals surface area contributed by atoms with Crippen molar-refractivity contribution in [2.75, 3.05) is 7.11 Å². The molecular formula is C24H24O3. The zero-order chi connectivity index (χ0) is 18.6. The van der Waals surface area contributed by atoms with Gasteiger partial charge in [0.15, 0.2) is 0 Å². The van der Waals surface area contributed by atoms with Crippen LogP contribution in [-0.2, 0) is 29.0 Å². The van der Waals surface area contributed by atoms with E-state index in [0.717, 1.165) is 25.0 Å². The highest BCUT2D eigenvalue weighted by Gasteiger charge is 2.21. The minimum atomic E-state index is -0.112. The summed E-state index contributed by atoms with van der Waals surface area (Å²) < 4.78 is 10.8. The Morgan fingerprint density at radius 1 is 1.00 bits per heavy atom. The molecule has 0 bridgehead atoms. The van der Waals surface area contributed by atoms with E-state index >= 15 is 0 Å². The highest BCUT2D eigenvalue weighted by atomic mass is 16.5. The summed E-state index contributed by atoms with van der Waals surface area (Å²) in [6.45, 7) is 0.564. The number of fused-ring (bicyclic) bond motifs is 2. The van der Waals surface area contributed by atoms with Crippen molar-refractivity contribution in [3.63, 3.8) is 0 Å². The molecule has 27 heavy (non-hydrogen) atoms. The van der Waals surface area contributed by atoms with Gasteiger partial charge in [0.05, 0.1) is 7.11 Å². The van der Waals surface area contributed by atoms with Crippen LogP contribution < -0.4 is 4.74 Å². The van der Waals surface area contributed by atoms with Gasteiger partial charge in [-0.3, -0.25) is 4.79 Å². The van der Waals surface area contributed by atoms with E-state index in [1.54, 1.807) is 0 Å². The molecule has 0 saturated carbocycles. The van der Waals surface area contributed by atoms with E-state index in [-0.39, 0.29) is 5.97 Å². The van der Waals surface area contributed by atoms with E-state index in [1.807, 2.05) is 6.07 Å². The lowest BCUT2D eigenvalue weighted by Gasteiger charge is -2.24. The fourth-order valence-electron chi connectivity index (χ4n) is 3.89. The van der Waals surface area contributed by atoms with Gasteiger partial charge in [-0.1, -0.05) is 42.5 Å². The van der Waals surface area contributed by atoms with Crippen LogP contribution in [0.15, 0.2) is 60.7 Å². The molecule has 0 aromatic heterocycles. The summed E-state index contributed by atoms with van der Waals surface area (Å²) >= 11 is 0. The lowest BCUT2D eigenvalue weighted by molar-refractivity contribution is -0.141. The van der Waals surface area contributed by atoms with Crippen LogP contribution in [0.25, 0.3) is 10.8 Å². The first-order valence-corrected chi connectivity index (χ1v) is 9.50. The molecule has 3 heteroatoms. The predicted molar refractivity (Wildman–Crippen MR) is 107 cm³/mol. The number of carbonyl (C=O) groups excluding carboxylic acids is 1. The Labute approximate surface area is 159 Å². The van der Waals surface area contributed by atoms with Crippen LogP contribution in [0.3, 0.4) is 0 Å². The van der Waals surface area contributed by atoms with Gasteiger partial charge in [0.1, 0.15) is 12.4 Å². The third-order valence-electron chi connectivity index (χ3n) is 5.41. The molecule has 3 nitrogen and oxygen atoms in total. The van der Waals surface area contributed by atoms with Crippen LogP contribution in [0, 0.1) is 5.92 Å². The van der Waals surface area contributed by atoms with Crippen molar-refractivity contribution in [1.82, 2.24) is 0 Å². The molecule has 0 N–H and O–H groups in total. The average Bonchev–Trinajstić information content (AvgIpc) is 2.72. The first-order chi connectivity index (χ1) is 13.2. The highest BCUT2D eigenvalue weighted by molar-refractivity contribution is 5.82. The second-order valence-corrected chi connectivity index (χ2v) is 7.29. The molecule has 0 radical (unpaired) electrons. The van der Waals surface area contributed by atoms with Gasteiger partial charge in [-0.05, 0) is 70.8 Å². The Hall–Kier alpha value is -2.81. The van der Waals surface area contributed by atoms with Crippen LogP contribution in [0.4, 0.5) is 0 Å². The van der Waals surface area contributed by atoms with Crippen molar-refractivity contribution in [1.29, 1.82) is 0 Å². The largest absolute Gasteiger partial charge is 0.489 e. The fraction of sp³-hybridized carbons (Fsp3) is 0.292.